The van der Waals surface area contributed by atoms with Gasteiger partial charge in [0.05, 0.1) is 36.1 Å². The van der Waals surface area contributed by atoms with E-state index in [-0.39, 0.29) is 36.9 Å². The van der Waals surface area contributed by atoms with Gasteiger partial charge >= 0.3 is 0 Å². The number of carbonyl (C=O) groups excluding carboxylic acids is 4. The maximum atomic E-state index is 13.5. The second-order valence-corrected chi connectivity index (χ2v) is 9.47. The largest absolute Gasteiger partial charge is 0.292 e. The van der Waals surface area contributed by atoms with Gasteiger partial charge in [0.1, 0.15) is 6.54 Å². The van der Waals surface area contributed by atoms with Gasteiger partial charge in [-0.1, -0.05) is 58.0 Å². The van der Waals surface area contributed by atoms with Crippen LogP contribution in [0.5, 0.6) is 0 Å². The number of hydrogen-bond donors (Lipinski definition) is 0. The normalized spacial score (nSPS) is 12.5. The molecule has 9 nitrogen and oxygen atoms in total. The summed E-state index contributed by atoms with van der Waals surface area (Å²) >= 11 is 30.3. The molecule has 0 spiro atoms. The molecule has 1 heterocycles. The summed E-state index contributed by atoms with van der Waals surface area (Å²) in [6, 6.07) is 10.0. The molecule has 188 valence electrons. The van der Waals surface area contributed by atoms with Crippen LogP contribution >= 0.6 is 58.0 Å². The number of nitro benzene ring substituents is 1. The lowest BCUT2D eigenvalue weighted by Crippen LogP contribution is -2.51. The lowest BCUT2D eigenvalue weighted by atomic mass is 10.1. The number of halogens is 5. The Balaban J connectivity index is 1.81. The van der Waals surface area contributed by atoms with Crippen molar-refractivity contribution in [3.63, 3.8) is 0 Å². The van der Waals surface area contributed by atoms with Gasteiger partial charge < -0.3 is 0 Å². The van der Waals surface area contributed by atoms with Crippen LogP contribution in [0.4, 0.5) is 5.69 Å². The van der Waals surface area contributed by atoms with E-state index < -0.39 is 46.1 Å². The summed E-state index contributed by atoms with van der Waals surface area (Å²) in [5.41, 5.74) is -1.12. The molecule has 0 radical (unpaired) electrons. The van der Waals surface area contributed by atoms with Crippen LogP contribution < -0.4 is 0 Å². The maximum Gasteiger partial charge on any atom is 0.282 e. The zero-order valence-corrected chi connectivity index (χ0v) is 21.8. The number of nitrogens with zero attached hydrogens (tertiary/aromatic N) is 3. The number of non-ortho nitro benzene ring substituents is 1. The fourth-order valence-corrected chi connectivity index (χ4v) is 4.67. The molecule has 0 unspecified atom stereocenters. The number of hydrogen-bond acceptors (Lipinski definition) is 6. The minimum absolute atomic E-state index is 0.129. The summed E-state index contributed by atoms with van der Waals surface area (Å²) in [5, 5.41) is 11.1. The highest BCUT2D eigenvalue weighted by atomic mass is 35.5. The third-order valence-electron chi connectivity index (χ3n) is 5.34. The molecule has 1 aliphatic rings. The van der Waals surface area contributed by atoms with Crippen molar-refractivity contribution < 1.29 is 24.1 Å². The fraction of sp³-hybridized carbons (Fsp3) is 0.0435. The van der Waals surface area contributed by atoms with Gasteiger partial charge in [0, 0.05) is 28.3 Å². The molecule has 14 heteroatoms. The molecular weight excluding hydrogens is 592 g/mol. The molecule has 0 N–H and O–H groups in total. The summed E-state index contributed by atoms with van der Waals surface area (Å²) in [6.45, 7) is -0.778. The zero-order chi connectivity index (χ0) is 27.2. The summed E-state index contributed by atoms with van der Waals surface area (Å²) in [7, 11) is 0. The van der Waals surface area contributed by atoms with Gasteiger partial charge in [-0.15, -0.1) is 0 Å². The quantitative estimate of drug-likeness (QED) is 0.0806. The molecule has 0 aliphatic carbocycles. The molecule has 3 aromatic carbocycles. The van der Waals surface area contributed by atoms with Crippen molar-refractivity contribution in [1.29, 1.82) is 0 Å². The second kappa shape index (κ2) is 10.3. The molecule has 3 amide bonds. The molecule has 0 fully saturated rings. The van der Waals surface area contributed by atoms with E-state index in [9.17, 15) is 29.3 Å². The third kappa shape index (κ3) is 4.76. The van der Waals surface area contributed by atoms with Gasteiger partial charge in [-0.25, -0.2) is 5.01 Å². The molecule has 0 bridgehead atoms. The van der Waals surface area contributed by atoms with Gasteiger partial charge in [0.2, 0.25) is 0 Å². The number of imide groups is 1. The van der Waals surface area contributed by atoms with E-state index in [1.54, 1.807) is 0 Å². The van der Waals surface area contributed by atoms with Crippen LogP contribution in [0.25, 0.3) is 0 Å². The van der Waals surface area contributed by atoms with E-state index in [1.165, 1.54) is 24.3 Å². The Morgan fingerprint density at radius 1 is 0.757 bits per heavy atom. The average Bonchev–Trinajstić information content (AvgIpc) is 3.14. The Hall–Kier alpha value is -3.21. The smallest absolute Gasteiger partial charge is 0.282 e. The van der Waals surface area contributed by atoms with E-state index in [0.29, 0.717) is 15.0 Å². The number of amides is 3. The lowest BCUT2D eigenvalue weighted by Gasteiger charge is -2.29. The highest BCUT2D eigenvalue weighted by molar-refractivity contribution is 6.55. The number of rotatable bonds is 6. The summed E-state index contributed by atoms with van der Waals surface area (Å²) < 4.78 is 0. The molecule has 37 heavy (non-hydrogen) atoms. The monoisotopic (exact) mass is 599 g/mol. The first-order valence-corrected chi connectivity index (χ1v) is 11.9. The Kier molecular flexibility index (Phi) is 7.45. The lowest BCUT2D eigenvalue weighted by molar-refractivity contribution is -0.384. The highest BCUT2D eigenvalue weighted by Gasteiger charge is 2.46. The second-order valence-electron chi connectivity index (χ2n) is 7.52. The molecular formula is C23H10Cl5N3O6. The Bertz CT molecular complexity index is 1460. The number of ketones is 1. The predicted molar refractivity (Wildman–Crippen MR) is 137 cm³/mol. The van der Waals surface area contributed by atoms with E-state index in [4.69, 9.17) is 58.0 Å². The predicted octanol–water partition coefficient (Wildman–Crippen LogP) is 6.40. The molecule has 4 rings (SSSR count). The van der Waals surface area contributed by atoms with Gasteiger partial charge in [-0.05, 0) is 36.4 Å². The number of carbonyl (C=O) groups is 4. The van der Waals surface area contributed by atoms with Crippen LogP contribution in [0.3, 0.4) is 0 Å². The SMILES string of the molecule is O=C(CN(C(=O)c1ccc([N+](=O)[O-])cc1)N1C(=O)c2c(Cl)c(Cl)c(Cl)c(Cl)c2C1=O)c1ccc(Cl)cc1. The van der Waals surface area contributed by atoms with Gasteiger partial charge in [0.15, 0.2) is 5.78 Å². The molecule has 1 aliphatic heterocycles. The minimum atomic E-state index is -1.08. The van der Waals surface area contributed by atoms with Crippen LogP contribution in [0.15, 0.2) is 48.5 Å². The maximum absolute atomic E-state index is 13.5. The summed E-state index contributed by atoms with van der Waals surface area (Å²) in [5.74, 6) is -3.80. The Morgan fingerprint density at radius 3 is 1.68 bits per heavy atom. The minimum Gasteiger partial charge on any atom is -0.292 e. The number of hydrazine groups is 1. The van der Waals surface area contributed by atoms with Crippen LogP contribution in [-0.2, 0) is 0 Å². The van der Waals surface area contributed by atoms with Crippen molar-refractivity contribution >= 4 is 87.2 Å². The van der Waals surface area contributed by atoms with Crippen molar-refractivity contribution in [2.24, 2.45) is 0 Å². The van der Waals surface area contributed by atoms with Crippen molar-refractivity contribution in [3.05, 3.63) is 106 Å². The van der Waals surface area contributed by atoms with E-state index in [1.807, 2.05) is 0 Å². The zero-order valence-electron chi connectivity index (χ0n) is 18.0. The first-order valence-electron chi connectivity index (χ1n) is 10.0. The van der Waals surface area contributed by atoms with Crippen molar-refractivity contribution in [1.82, 2.24) is 10.0 Å². The summed E-state index contributed by atoms with van der Waals surface area (Å²) in [4.78, 5) is 63.6. The Labute approximate surface area is 233 Å². The fourth-order valence-electron chi connectivity index (χ4n) is 3.53. The number of nitro groups is 1. The van der Waals surface area contributed by atoms with Crippen LogP contribution in [0, 0.1) is 10.1 Å². The number of Topliss-reactive ketones (excluding diaryl/α,β-unsaturated/α-hetero) is 1. The van der Waals surface area contributed by atoms with Crippen LogP contribution in [0.1, 0.15) is 41.4 Å². The van der Waals surface area contributed by atoms with Crippen LogP contribution in [-0.4, -0.2) is 45.0 Å². The van der Waals surface area contributed by atoms with Crippen LogP contribution in [0.2, 0.25) is 25.1 Å². The van der Waals surface area contributed by atoms with Gasteiger partial charge in [-0.3, -0.25) is 29.3 Å². The van der Waals surface area contributed by atoms with E-state index in [2.05, 4.69) is 0 Å². The van der Waals surface area contributed by atoms with Crippen molar-refractivity contribution in [2.45, 2.75) is 0 Å². The van der Waals surface area contributed by atoms with Crippen molar-refractivity contribution in [2.75, 3.05) is 6.54 Å². The first kappa shape index (κ1) is 26.8. The van der Waals surface area contributed by atoms with Gasteiger partial charge in [0.25, 0.3) is 23.4 Å². The van der Waals surface area contributed by atoms with Crippen molar-refractivity contribution in [3.8, 4) is 0 Å². The third-order valence-corrected chi connectivity index (χ3v) is 7.39. The molecule has 0 saturated carbocycles. The average molecular weight is 602 g/mol. The Morgan fingerprint density at radius 2 is 1.22 bits per heavy atom. The standard InChI is InChI=1S/C23H10Cl5N3O6/c24-12-5-1-10(2-6-12)14(32)9-29(21(33)11-3-7-13(8-4-11)31(36)37)30-22(34)15-16(23(30)35)18(26)20(28)19(27)17(15)25/h1-8H,9H2. The van der Waals surface area contributed by atoms with Gasteiger partial charge in [-0.2, -0.15) is 5.01 Å². The molecule has 3 aromatic rings. The summed E-state index contributed by atoms with van der Waals surface area (Å²) in [6.07, 6.45) is 0. The molecule has 0 aromatic heterocycles. The highest BCUT2D eigenvalue weighted by Crippen LogP contribution is 2.45. The van der Waals surface area contributed by atoms with E-state index in [0.717, 1.165) is 24.3 Å². The number of fused-ring (bicyclic) bond motifs is 1. The topological polar surface area (TPSA) is 118 Å². The number of benzene rings is 3. The molecule has 0 saturated heterocycles. The molecule has 0 atom stereocenters. The first-order chi connectivity index (χ1) is 17.4. The van der Waals surface area contributed by atoms with E-state index >= 15 is 0 Å².